The third-order valence-electron chi connectivity index (χ3n) is 7.15. The van der Waals surface area contributed by atoms with Crippen LogP contribution in [0.2, 0.25) is 0 Å². The Labute approximate surface area is 249 Å². The van der Waals surface area contributed by atoms with Crippen molar-refractivity contribution in [2.75, 3.05) is 26.6 Å². The molecule has 9 heteroatoms. The standard InChI is InChI=1S/C28H28I2N2O4S/c1-35-28(34)25-24(21-9-8-18-5-2-3-6-20(18)15-21)17-37-27(25)32(30)26(33)19-10-12-22(13-11-19)31(29)23-7-4-14-36-16-23/h2-3,5-6,10-13,17,21,23H,4,7-9,14-16H2,1H3. The fourth-order valence-corrected chi connectivity index (χ4v) is 7.81. The zero-order chi connectivity index (χ0) is 25.9. The van der Waals surface area contributed by atoms with Gasteiger partial charge in [0, 0.05) is 17.9 Å². The van der Waals surface area contributed by atoms with Crippen LogP contribution in [-0.2, 0) is 22.3 Å². The summed E-state index contributed by atoms with van der Waals surface area (Å²) in [5.74, 6) is -0.350. The molecule has 1 aliphatic heterocycles. The minimum absolute atomic E-state index is 0.166. The van der Waals surface area contributed by atoms with Crippen LogP contribution in [0.3, 0.4) is 0 Å². The molecule has 2 atom stereocenters. The predicted molar refractivity (Wildman–Crippen MR) is 164 cm³/mol. The van der Waals surface area contributed by atoms with Crippen LogP contribution in [0.5, 0.6) is 0 Å². The Morgan fingerprint density at radius 3 is 2.51 bits per heavy atom. The molecule has 1 aliphatic carbocycles. The molecule has 5 rings (SSSR count). The third-order valence-corrected chi connectivity index (χ3v) is 10.7. The van der Waals surface area contributed by atoms with Gasteiger partial charge < -0.3 is 12.6 Å². The van der Waals surface area contributed by atoms with E-state index in [1.165, 1.54) is 29.6 Å². The smallest absolute Gasteiger partial charge is 0.341 e. The van der Waals surface area contributed by atoms with Gasteiger partial charge in [0.05, 0.1) is 71.1 Å². The van der Waals surface area contributed by atoms with Crippen LogP contribution in [-0.4, -0.2) is 38.2 Å². The molecule has 0 spiro atoms. The Morgan fingerprint density at radius 2 is 1.81 bits per heavy atom. The van der Waals surface area contributed by atoms with E-state index in [9.17, 15) is 9.59 Å². The number of carbonyl (C=O) groups is 2. The molecule has 1 saturated heterocycles. The van der Waals surface area contributed by atoms with E-state index in [-0.39, 0.29) is 11.8 Å². The molecule has 2 unspecified atom stereocenters. The number of anilines is 2. The van der Waals surface area contributed by atoms with Gasteiger partial charge in [0.25, 0.3) is 5.91 Å². The number of esters is 1. The third kappa shape index (κ3) is 5.69. The molecular weight excluding hydrogens is 714 g/mol. The first-order valence-corrected chi connectivity index (χ1v) is 15.2. The van der Waals surface area contributed by atoms with Gasteiger partial charge in [-0.05, 0) is 84.4 Å². The zero-order valence-electron chi connectivity index (χ0n) is 20.5. The lowest BCUT2D eigenvalue weighted by Crippen LogP contribution is -2.34. The molecule has 6 nitrogen and oxygen atoms in total. The van der Waals surface area contributed by atoms with Crippen LogP contribution < -0.4 is 6.23 Å². The summed E-state index contributed by atoms with van der Waals surface area (Å²) >= 11 is 5.76. The van der Waals surface area contributed by atoms with Crippen LogP contribution in [0.4, 0.5) is 10.7 Å². The summed E-state index contributed by atoms with van der Waals surface area (Å²) < 4.78 is 14.6. The van der Waals surface area contributed by atoms with Gasteiger partial charge in [0.1, 0.15) is 5.00 Å². The highest BCUT2D eigenvalue weighted by Crippen LogP contribution is 2.43. The topological polar surface area (TPSA) is 59.1 Å². The maximum absolute atomic E-state index is 13.5. The van der Waals surface area contributed by atoms with E-state index < -0.39 is 5.97 Å². The van der Waals surface area contributed by atoms with Crippen molar-refractivity contribution in [2.24, 2.45) is 0 Å². The van der Waals surface area contributed by atoms with Crippen LogP contribution >= 0.6 is 57.1 Å². The molecule has 194 valence electrons. The number of methoxy groups -OCH3 is 1. The first kappa shape index (κ1) is 26.9. The molecule has 0 bridgehead atoms. The number of carbonyl (C=O) groups excluding carboxylic acids is 2. The molecule has 0 N–H and O–H groups in total. The van der Waals surface area contributed by atoms with Crippen molar-refractivity contribution in [3.05, 3.63) is 81.7 Å². The number of fused-ring (bicyclic) bond motifs is 1. The maximum Gasteiger partial charge on any atom is 0.341 e. The average molecular weight is 742 g/mol. The van der Waals surface area contributed by atoms with Crippen LogP contribution in [0.25, 0.3) is 0 Å². The number of hydrogen-bond acceptors (Lipinski definition) is 6. The highest BCUT2D eigenvalue weighted by molar-refractivity contribution is 14.1. The Morgan fingerprint density at radius 1 is 1.05 bits per heavy atom. The Bertz CT molecular complexity index is 1270. The van der Waals surface area contributed by atoms with Gasteiger partial charge in [-0.1, -0.05) is 24.3 Å². The molecule has 1 amide bonds. The number of aryl methyl sites for hydroxylation is 1. The lowest BCUT2D eigenvalue weighted by Gasteiger charge is -2.30. The number of ether oxygens (including phenoxy) is 2. The molecular formula is C28H28I2N2O4S. The molecule has 0 radical (unpaired) electrons. The van der Waals surface area contributed by atoms with Gasteiger partial charge in [-0.15, -0.1) is 11.3 Å². The van der Waals surface area contributed by atoms with E-state index in [0.29, 0.717) is 22.2 Å². The van der Waals surface area contributed by atoms with Crippen molar-refractivity contribution < 1.29 is 19.1 Å². The Kier molecular flexibility index (Phi) is 8.72. The first-order valence-electron chi connectivity index (χ1n) is 12.4. The first-order chi connectivity index (χ1) is 18.0. The number of amides is 1. The average Bonchev–Trinajstić information content (AvgIpc) is 3.41. The number of halogens is 2. The number of hydrogen-bond donors (Lipinski definition) is 0. The van der Waals surface area contributed by atoms with Crippen LogP contribution in [0, 0.1) is 0 Å². The summed E-state index contributed by atoms with van der Waals surface area (Å²) in [6.45, 7) is 1.54. The van der Waals surface area contributed by atoms with E-state index in [1.54, 1.807) is 3.11 Å². The summed E-state index contributed by atoms with van der Waals surface area (Å²) in [5.41, 5.74) is 5.80. The zero-order valence-corrected chi connectivity index (χ0v) is 25.6. The Hall–Kier alpha value is -1.70. The monoisotopic (exact) mass is 742 g/mol. The summed E-state index contributed by atoms with van der Waals surface area (Å²) in [6.07, 6.45) is 4.98. The van der Waals surface area contributed by atoms with Gasteiger partial charge in [-0.2, -0.15) is 0 Å². The summed E-state index contributed by atoms with van der Waals surface area (Å²) in [5, 5.41) is 2.65. The van der Waals surface area contributed by atoms with Gasteiger partial charge in [0.15, 0.2) is 0 Å². The number of thiophene rings is 1. The minimum atomic E-state index is -0.398. The highest BCUT2D eigenvalue weighted by atomic mass is 127. The van der Waals surface area contributed by atoms with Crippen molar-refractivity contribution >= 4 is 79.6 Å². The van der Waals surface area contributed by atoms with E-state index in [4.69, 9.17) is 9.47 Å². The molecule has 2 aromatic carbocycles. The van der Waals surface area contributed by atoms with Crippen molar-refractivity contribution in [3.8, 4) is 0 Å². The molecule has 2 heterocycles. The fraction of sp³-hybridized carbons (Fsp3) is 0.357. The largest absolute Gasteiger partial charge is 0.465 e. The van der Waals surface area contributed by atoms with E-state index in [1.807, 2.05) is 52.5 Å². The summed E-state index contributed by atoms with van der Waals surface area (Å²) in [7, 11) is 1.40. The van der Waals surface area contributed by atoms with Crippen molar-refractivity contribution in [1.29, 1.82) is 0 Å². The van der Waals surface area contributed by atoms with Crippen molar-refractivity contribution in [3.63, 3.8) is 0 Å². The molecule has 1 aromatic heterocycles. The molecule has 3 aromatic rings. The van der Waals surface area contributed by atoms with Crippen molar-refractivity contribution in [2.45, 2.75) is 44.1 Å². The van der Waals surface area contributed by atoms with E-state index >= 15 is 0 Å². The maximum atomic E-state index is 13.5. The molecule has 1 fully saturated rings. The van der Waals surface area contributed by atoms with E-state index in [0.717, 1.165) is 56.6 Å². The summed E-state index contributed by atoms with van der Waals surface area (Å²) in [6, 6.07) is 16.5. The SMILES string of the molecule is COC(=O)c1c(C2CCc3ccccc3C2)csc1N(I)C(=O)c1ccc(N(I)C2CCCOC2)cc1. The second-order valence-electron chi connectivity index (χ2n) is 9.39. The second-order valence-corrected chi connectivity index (χ2v) is 12.2. The minimum Gasteiger partial charge on any atom is -0.465 e. The lowest BCUT2D eigenvalue weighted by atomic mass is 9.80. The quantitative estimate of drug-likeness (QED) is 0.153. The molecule has 2 aliphatic rings. The van der Waals surface area contributed by atoms with E-state index in [2.05, 4.69) is 50.2 Å². The highest BCUT2D eigenvalue weighted by Gasteiger charge is 2.32. The van der Waals surface area contributed by atoms with Crippen LogP contribution in [0.1, 0.15) is 62.6 Å². The Balaban J connectivity index is 1.37. The number of nitrogens with zero attached hydrogens (tertiary/aromatic N) is 2. The van der Waals surface area contributed by atoms with Gasteiger partial charge in [0.2, 0.25) is 0 Å². The van der Waals surface area contributed by atoms with Gasteiger partial charge >= 0.3 is 5.97 Å². The number of benzene rings is 2. The van der Waals surface area contributed by atoms with Crippen LogP contribution in [0.15, 0.2) is 53.9 Å². The second kappa shape index (κ2) is 12.0. The summed E-state index contributed by atoms with van der Waals surface area (Å²) in [4.78, 5) is 26.4. The fourth-order valence-electron chi connectivity index (χ4n) is 5.14. The predicted octanol–water partition coefficient (Wildman–Crippen LogP) is 7.14. The molecule has 0 saturated carbocycles. The van der Waals surface area contributed by atoms with Gasteiger partial charge in [-0.3, -0.25) is 4.79 Å². The molecule has 37 heavy (non-hydrogen) atoms. The number of rotatable bonds is 6. The van der Waals surface area contributed by atoms with Crippen molar-refractivity contribution in [1.82, 2.24) is 0 Å². The normalized spacial score (nSPS) is 19.1. The lowest BCUT2D eigenvalue weighted by molar-refractivity contribution is 0.0600. The van der Waals surface area contributed by atoms with Gasteiger partial charge in [-0.25, -0.2) is 7.91 Å².